The summed E-state index contributed by atoms with van der Waals surface area (Å²) in [6.45, 7) is 1.69. The standard InChI is InChI=1S/C18H22N4O2/c1-21-16-15(17(23)20-21)13(7-14(19-16)10-5-6-10)18(24)22-8-11-3-2-4-12(11)9-22/h7,10-12H,2-6,8-9H2,1H3,(H,20,23). The molecule has 3 aliphatic rings. The van der Waals surface area contributed by atoms with Crippen molar-refractivity contribution in [1.29, 1.82) is 0 Å². The first-order chi connectivity index (χ1) is 11.6. The molecule has 0 bridgehead atoms. The summed E-state index contributed by atoms with van der Waals surface area (Å²) >= 11 is 0. The Morgan fingerprint density at radius 3 is 2.58 bits per heavy atom. The van der Waals surface area contributed by atoms with Crippen molar-refractivity contribution >= 4 is 16.9 Å². The molecule has 126 valence electrons. The first-order valence-corrected chi connectivity index (χ1v) is 9.00. The molecule has 2 aromatic rings. The molecule has 0 radical (unpaired) electrons. The molecular weight excluding hydrogens is 304 g/mol. The van der Waals surface area contributed by atoms with Crippen LogP contribution in [-0.2, 0) is 7.05 Å². The molecule has 2 saturated carbocycles. The molecule has 24 heavy (non-hydrogen) atoms. The van der Waals surface area contributed by atoms with E-state index in [1.807, 2.05) is 11.0 Å². The lowest BCUT2D eigenvalue weighted by molar-refractivity contribution is 0.0782. The highest BCUT2D eigenvalue weighted by Crippen LogP contribution is 2.41. The maximum absolute atomic E-state index is 13.2. The van der Waals surface area contributed by atoms with Crippen molar-refractivity contribution in [2.45, 2.75) is 38.0 Å². The minimum atomic E-state index is -0.218. The van der Waals surface area contributed by atoms with Gasteiger partial charge in [-0.15, -0.1) is 0 Å². The third kappa shape index (κ3) is 2.05. The fourth-order valence-electron chi connectivity index (χ4n) is 4.61. The van der Waals surface area contributed by atoms with Crippen LogP contribution in [0.3, 0.4) is 0 Å². The molecule has 3 fully saturated rings. The second-order valence-electron chi connectivity index (χ2n) is 7.73. The number of hydrogen-bond acceptors (Lipinski definition) is 3. The molecule has 2 unspecified atom stereocenters. The van der Waals surface area contributed by atoms with Gasteiger partial charge in [0, 0.05) is 31.7 Å². The largest absolute Gasteiger partial charge is 0.338 e. The Morgan fingerprint density at radius 1 is 1.21 bits per heavy atom. The second-order valence-corrected chi connectivity index (χ2v) is 7.73. The van der Waals surface area contributed by atoms with Crippen molar-refractivity contribution in [3.05, 3.63) is 27.7 Å². The number of rotatable bonds is 2. The van der Waals surface area contributed by atoms with E-state index >= 15 is 0 Å². The van der Waals surface area contributed by atoms with E-state index < -0.39 is 0 Å². The number of carbonyl (C=O) groups is 1. The molecule has 2 aliphatic carbocycles. The first kappa shape index (κ1) is 14.3. The van der Waals surface area contributed by atoms with Gasteiger partial charge in [0.05, 0.1) is 10.9 Å². The number of nitrogens with zero attached hydrogens (tertiary/aromatic N) is 3. The molecule has 2 atom stereocenters. The van der Waals surface area contributed by atoms with Gasteiger partial charge in [0.15, 0.2) is 5.65 Å². The highest BCUT2D eigenvalue weighted by molar-refractivity contribution is 6.05. The monoisotopic (exact) mass is 326 g/mol. The van der Waals surface area contributed by atoms with Crippen LogP contribution in [0.4, 0.5) is 0 Å². The number of aromatic amines is 1. The van der Waals surface area contributed by atoms with E-state index in [9.17, 15) is 9.59 Å². The van der Waals surface area contributed by atoms with Crippen LogP contribution >= 0.6 is 0 Å². The third-order valence-corrected chi connectivity index (χ3v) is 6.07. The summed E-state index contributed by atoms with van der Waals surface area (Å²) in [5.41, 5.74) is 1.89. The lowest BCUT2D eigenvalue weighted by Crippen LogP contribution is -2.30. The smallest absolute Gasteiger partial charge is 0.274 e. The van der Waals surface area contributed by atoms with Gasteiger partial charge in [-0.25, -0.2) is 4.98 Å². The van der Waals surface area contributed by atoms with Crippen LogP contribution < -0.4 is 5.56 Å². The lowest BCUT2D eigenvalue weighted by atomic mass is 10.0. The number of aryl methyl sites for hydroxylation is 1. The number of H-pyrrole nitrogens is 1. The van der Waals surface area contributed by atoms with Gasteiger partial charge in [-0.3, -0.25) is 19.4 Å². The van der Waals surface area contributed by atoms with E-state index in [0.717, 1.165) is 31.6 Å². The van der Waals surface area contributed by atoms with Crippen LogP contribution in [0.15, 0.2) is 10.9 Å². The molecule has 1 aliphatic heterocycles. The Morgan fingerprint density at radius 2 is 1.92 bits per heavy atom. The zero-order chi connectivity index (χ0) is 16.4. The van der Waals surface area contributed by atoms with Crippen molar-refractivity contribution in [3.8, 4) is 0 Å². The molecule has 1 saturated heterocycles. The minimum absolute atomic E-state index is 0.00963. The summed E-state index contributed by atoms with van der Waals surface area (Å²) in [7, 11) is 1.78. The number of carbonyl (C=O) groups excluding carboxylic acids is 1. The SMILES string of the molecule is Cn1[nH]c(=O)c2c(C(=O)N3CC4CCCC4C3)cc(C3CC3)nc21. The van der Waals surface area contributed by atoms with Gasteiger partial charge in [0.25, 0.3) is 11.5 Å². The van der Waals surface area contributed by atoms with E-state index in [0.29, 0.717) is 34.4 Å². The van der Waals surface area contributed by atoms with Crippen LogP contribution in [0.5, 0.6) is 0 Å². The summed E-state index contributed by atoms with van der Waals surface area (Å²) in [6, 6.07) is 1.88. The molecule has 6 nitrogen and oxygen atoms in total. The maximum Gasteiger partial charge on any atom is 0.274 e. The lowest BCUT2D eigenvalue weighted by Gasteiger charge is -2.18. The average Bonchev–Trinajstić information content (AvgIpc) is 3.09. The summed E-state index contributed by atoms with van der Waals surface area (Å²) in [4.78, 5) is 32.1. The molecule has 0 spiro atoms. The Bertz CT molecular complexity index is 880. The van der Waals surface area contributed by atoms with E-state index in [1.165, 1.54) is 19.3 Å². The van der Waals surface area contributed by atoms with E-state index in [4.69, 9.17) is 0 Å². The van der Waals surface area contributed by atoms with Gasteiger partial charge in [0.1, 0.15) is 0 Å². The van der Waals surface area contributed by atoms with Gasteiger partial charge in [-0.2, -0.15) is 0 Å². The zero-order valence-electron chi connectivity index (χ0n) is 13.9. The van der Waals surface area contributed by atoms with Crippen LogP contribution in [0.1, 0.15) is 54.1 Å². The third-order valence-electron chi connectivity index (χ3n) is 6.07. The van der Waals surface area contributed by atoms with E-state index in [1.54, 1.807) is 11.7 Å². The number of pyridine rings is 1. The van der Waals surface area contributed by atoms with Crippen molar-refractivity contribution in [2.24, 2.45) is 18.9 Å². The van der Waals surface area contributed by atoms with Crippen LogP contribution in [-0.4, -0.2) is 38.7 Å². The number of aromatic nitrogens is 3. The Balaban J connectivity index is 1.60. The second kappa shape index (κ2) is 4.94. The molecule has 1 N–H and O–H groups in total. The molecule has 2 aromatic heterocycles. The first-order valence-electron chi connectivity index (χ1n) is 9.00. The van der Waals surface area contributed by atoms with Crippen molar-refractivity contribution < 1.29 is 4.79 Å². The quantitative estimate of drug-likeness (QED) is 0.918. The van der Waals surface area contributed by atoms with Crippen LogP contribution in [0.2, 0.25) is 0 Å². The van der Waals surface area contributed by atoms with Gasteiger partial charge < -0.3 is 4.90 Å². The molecule has 0 aromatic carbocycles. The topological polar surface area (TPSA) is 71.0 Å². The number of hydrogen-bond donors (Lipinski definition) is 1. The molecule has 1 amide bonds. The summed E-state index contributed by atoms with van der Waals surface area (Å²) in [5.74, 6) is 1.77. The predicted molar refractivity (Wildman–Crippen MR) is 90.0 cm³/mol. The molecule has 3 heterocycles. The Hall–Kier alpha value is -2.11. The number of nitrogens with one attached hydrogen (secondary N) is 1. The Labute approximate surface area is 139 Å². The average molecular weight is 326 g/mol. The predicted octanol–water partition coefficient (Wildman–Crippen LogP) is 2.01. The van der Waals surface area contributed by atoms with Gasteiger partial charge in [-0.1, -0.05) is 6.42 Å². The highest BCUT2D eigenvalue weighted by Gasteiger charge is 2.39. The fourth-order valence-corrected chi connectivity index (χ4v) is 4.61. The number of amides is 1. The van der Waals surface area contributed by atoms with E-state index in [2.05, 4.69) is 10.1 Å². The zero-order valence-corrected chi connectivity index (χ0v) is 13.9. The van der Waals surface area contributed by atoms with Gasteiger partial charge in [-0.05, 0) is 43.6 Å². The normalized spacial score (nSPS) is 26.3. The minimum Gasteiger partial charge on any atom is -0.338 e. The molecular formula is C18H22N4O2. The van der Waals surface area contributed by atoms with E-state index in [-0.39, 0.29) is 11.5 Å². The maximum atomic E-state index is 13.2. The van der Waals surface area contributed by atoms with Crippen molar-refractivity contribution in [3.63, 3.8) is 0 Å². The molecule has 5 rings (SSSR count). The molecule has 6 heteroatoms. The van der Waals surface area contributed by atoms with Crippen LogP contribution in [0, 0.1) is 11.8 Å². The van der Waals surface area contributed by atoms with Crippen molar-refractivity contribution in [1.82, 2.24) is 19.7 Å². The summed E-state index contributed by atoms with van der Waals surface area (Å²) < 4.78 is 1.64. The number of likely N-dealkylation sites (tertiary alicyclic amines) is 1. The number of fused-ring (bicyclic) bond motifs is 2. The van der Waals surface area contributed by atoms with Crippen LogP contribution in [0.25, 0.3) is 11.0 Å². The fraction of sp³-hybridized carbons (Fsp3) is 0.611. The van der Waals surface area contributed by atoms with Gasteiger partial charge >= 0.3 is 0 Å². The van der Waals surface area contributed by atoms with Gasteiger partial charge in [0.2, 0.25) is 0 Å². The Kier molecular flexibility index (Phi) is 2.94. The highest BCUT2D eigenvalue weighted by atomic mass is 16.2. The summed E-state index contributed by atoms with van der Waals surface area (Å²) in [6.07, 6.45) is 6.01. The van der Waals surface area contributed by atoms with Crippen molar-refractivity contribution in [2.75, 3.05) is 13.1 Å². The summed E-state index contributed by atoms with van der Waals surface area (Å²) in [5, 5.41) is 3.20.